The molecule has 0 spiro atoms. The number of hydrogen-bond donors (Lipinski definition) is 1. The lowest BCUT2D eigenvalue weighted by Crippen LogP contribution is -2.24. The Bertz CT molecular complexity index is 1600. The fourth-order valence-electron chi connectivity index (χ4n) is 4.20. The van der Waals surface area contributed by atoms with Gasteiger partial charge in [-0.15, -0.1) is 11.3 Å². The summed E-state index contributed by atoms with van der Waals surface area (Å²) >= 11 is 6.13. The minimum Gasteiger partial charge on any atom is -0.272 e. The molecule has 9 nitrogen and oxygen atoms in total. The van der Waals surface area contributed by atoms with Crippen LogP contribution < -0.4 is 11.0 Å². The second-order valence-electron chi connectivity index (χ2n) is 8.30. The highest BCUT2D eigenvalue weighted by Crippen LogP contribution is 2.35. The van der Waals surface area contributed by atoms with Gasteiger partial charge >= 0.3 is 0 Å². The molecule has 2 heterocycles. The molecule has 2 aromatic carbocycles. The van der Waals surface area contributed by atoms with Crippen LogP contribution in [0.1, 0.15) is 28.8 Å². The smallest absolute Gasteiger partial charge is 0.272 e. The number of para-hydroxylation sites is 1. The van der Waals surface area contributed by atoms with Crippen molar-refractivity contribution in [2.24, 2.45) is 5.10 Å². The SMILES string of the molecule is O=C(CSc1nc2sc3c(c2c(=O)n1-c1ccc(Br)cc1)CCCC3)NN=Cc1ccccc1[N+](=O)[O-]. The molecule has 188 valence electrons. The van der Waals surface area contributed by atoms with Crippen molar-refractivity contribution in [3.63, 3.8) is 0 Å². The summed E-state index contributed by atoms with van der Waals surface area (Å²) in [6.45, 7) is 0. The first-order valence-electron chi connectivity index (χ1n) is 11.4. The Labute approximate surface area is 227 Å². The maximum Gasteiger partial charge on any atom is 0.278 e. The van der Waals surface area contributed by atoms with Crippen LogP contribution >= 0.6 is 39.0 Å². The van der Waals surface area contributed by atoms with Crippen LogP contribution in [0.15, 0.2) is 68.1 Å². The van der Waals surface area contributed by atoms with Crippen molar-refractivity contribution in [3.8, 4) is 5.69 Å². The van der Waals surface area contributed by atoms with Gasteiger partial charge in [-0.1, -0.05) is 39.8 Å². The van der Waals surface area contributed by atoms with Gasteiger partial charge in [0.15, 0.2) is 5.16 Å². The van der Waals surface area contributed by atoms with Crippen LogP contribution in [0, 0.1) is 10.1 Å². The molecule has 0 saturated carbocycles. The van der Waals surface area contributed by atoms with Crippen LogP contribution in [0.5, 0.6) is 0 Å². The number of nitrogens with zero attached hydrogens (tertiary/aromatic N) is 4. The van der Waals surface area contributed by atoms with Gasteiger partial charge in [-0.25, -0.2) is 10.4 Å². The number of hydrogen-bond acceptors (Lipinski definition) is 8. The van der Waals surface area contributed by atoms with Crippen molar-refractivity contribution < 1.29 is 9.72 Å². The summed E-state index contributed by atoms with van der Waals surface area (Å²) in [5.41, 5.74) is 4.20. The van der Waals surface area contributed by atoms with Crippen molar-refractivity contribution in [2.45, 2.75) is 30.8 Å². The zero-order valence-electron chi connectivity index (χ0n) is 19.3. The number of aromatic nitrogens is 2. The second kappa shape index (κ2) is 11.0. The number of carbonyl (C=O) groups is 1. The number of nitro benzene ring substituents is 1. The van der Waals surface area contributed by atoms with Crippen LogP contribution in [0.25, 0.3) is 15.9 Å². The molecule has 0 saturated heterocycles. The van der Waals surface area contributed by atoms with E-state index in [9.17, 15) is 19.7 Å². The van der Waals surface area contributed by atoms with E-state index >= 15 is 0 Å². The number of benzene rings is 2. The number of aryl methyl sites for hydroxylation is 2. The van der Waals surface area contributed by atoms with Crippen LogP contribution in [-0.2, 0) is 17.6 Å². The molecule has 1 N–H and O–H groups in total. The minimum atomic E-state index is -0.509. The number of thioether (sulfide) groups is 1. The first-order valence-corrected chi connectivity index (χ1v) is 14.0. The largest absolute Gasteiger partial charge is 0.278 e. The number of fused-ring (bicyclic) bond motifs is 3. The molecule has 0 atom stereocenters. The van der Waals surface area contributed by atoms with E-state index in [-0.39, 0.29) is 22.6 Å². The lowest BCUT2D eigenvalue weighted by Gasteiger charge is -2.13. The topological polar surface area (TPSA) is 119 Å². The first kappa shape index (κ1) is 25.3. The van der Waals surface area contributed by atoms with Crippen molar-refractivity contribution in [2.75, 3.05) is 5.75 Å². The Hall–Kier alpha value is -3.35. The molecule has 1 aliphatic rings. The number of carbonyl (C=O) groups excluding carboxylic acids is 1. The fourth-order valence-corrected chi connectivity index (χ4v) is 6.57. The Morgan fingerprint density at radius 3 is 2.76 bits per heavy atom. The number of halogens is 1. The number of hydrazone groups is 1. The van der Waals surface area contributed by atoms with E-state index in [1.807, 2.05) is 24.3 Å². The van der Waals surface area contributed by atoms with E-state index in [1.54, 1.807) is 34.1 Å². The molecule has 12 heteroatoms. The quantitative estimate of drug-likeness (QED) is 0.102. The van der Waals surface area contributed by atoms with E-state index < -0.39 is 10.8 Å². The normalized spacial score (nSPS) is 13.1. The van der Waals surface area contributed by atoms with Gasteiger partial charge in [0.1, 0.15) is 4.83 Å². The third kappa shape index (κ3) is 5.36. The number of rotatable bonds is 7. The molecular formula is C25H20BrN5O4S2. The number of nitro groups is 1. The molecule has 0 aliphatic heterocycles. The summed E-state index contributed by atoms with van der Waals surface area (Å²) in [6, 6.07) is 13.5. The van der Waals surface area contributed by atoms with Crippen molar-refractivity contribution >= 4 is 67.1 Å². The molecule has 2 aromatic heterocycles. The summed E-state index contributed by atoms with van der Waals surface area (Å²) in [4.78, 5) is 43.6. The van der Waals surface area contributed by atoms with E-state index in [2.05, 4.69) is 26.5 Å². The van der Waals surface area contributed by atoms with Gasteiger partial charge in [-0.2, -0.15) is 5.10 Å². The highest BCUT2D eigenvalue weighted by atomic mass is 79.9. The molecule has 37 heavy (non-hydrogen) atoms. The molecular weight excluding hydrogens is 578 g/mol. The molecule has 0 unspecified atom stereocenters. The summed E-state index contributed by atoms with van der Waals surface area (Å²) in [6.07, 6.45) is 5.23. The van der Waals surface area contributed by atoms with Crippen molar-refractivity contribution in [1.29, 1.82) is 0 Å². The van der Waals surface area contributed by atoms with Gasteiger partial charge in [0, 0.05) is 15.4 Å². The Morgan fingerprint density at radius 2 is 1.97 bits per heavy atom. The first-order chi connectivity index (χ1) is 17.9. The molecule has 0 radical (unpaired) electrons. The highest BCUT2D eigenvalue weighted by molar-refractivity contribution is 9.10. The van der Waals surface area contributed by atoms with Gasteiger partial charge in [0.05, 0.1) is 33.5 Å². The monoisotopic (exact) mass is 597 g/mol. The minimum absolute atomic E-state index is 0.0478. The highest BCUT2D eigenvalue weighted by Gasteiger charge is 2.23. The molecule has 1 amide bonds. The Kier molecular flexibility index (Phi) is 7.49. The summed E-state index contributed by atoms with van der Waals surface area (Å²) < 4.78 is 2.45. The summed E-state index contributed by atoms with van der Waals surface area (Å²) in [5.74, 6) is -0.477. The maximum atomic E-state index is 13.8. The lowest BCUT2D eigenvalue weighted by molar-refractivity contribution is -0.385. The molecule has 1 aliphatic carbocycles. The van der Waals surface area contributed by atoms with E-state index in [0.717, 1.165) is 47.5 Å². The second-order valence-corrected chi connectivity index (χ2v) is 11.2. The van der Waals surface area contributed by atoms with E-state index in [4.69, 9.17) is 4.98 Å². The van der Waals surface area contributed by atoms with Crippen LogP contribution in [0.4, 0.5) is 5.69 Å². The predicted octanol–water partition coefficient (Wildman–Crippen LogP) is 5.24. The predicted molar refractivity (Wildman–Crippen MR) is 149 cm³/mol. The maximum absolute atomic E-state index is 13.8. The average Bonchev–Trinajstić information content (AvgIpc) is 3.27. The zero-order chi connectivity index (χ0) is 25.9. The molecule has 4 aromatic rings. The molecule has 5 rings (SSSR count). The Balaban J connectivity index is 1.42. The number of nitrogens with one attached hydrogen (secondary N) is 1. The average molecular weight is 599 g/mol. The van der Waals surface area contributed by atoms with Gasteiger partial charge in [-0.05, 0) is 61.6 Å². The Morgan fingerprint density at radius 1 is 1.22 bits per heavy atom. The third-order valence-electron chi connectivity index (χ3n) is 5.90. The molecule has 0 bridgehead atoms. The van der Waals surface area contributed by atoms with Crippen molar-refractivity contribution in [3.05, 3.63) is 89.5 Å². The van der Waals surface area contributed by atoms with Gasteiger partial charge in [0.2, 0.25) is 0 Å². The van der Waals surface area contributed by atoms with Gasteiger partial charge in [-0.3, -0.25) is 24.3 Å². The van der Waals surface area contributed by atoms with E-state index in [0.29, 0.717) is 21.1 Å². The number of thiophene rings is 1. The zero-order valence-corrected chi connectivity index (χ0v) is 22.6. The summed E-state index contributed by atoms with van der Waals surface area (Å²) in [5, 5.41) is 16.1. The summed E-state index contributed by atoms with van der Waals surface area (Å²) in [7, 11) is 0. The van der Waals surface area contributed by atoms with Crippen LogP contribution in [0.3, 0.4) is 0 Å². The third-order valence-corrected chi connectivity index (χ3v) is 8.55. The van der Waals surface area contributed by atoms with Crippen LogP contribution in [0.2, 0.25) is 0 Å². The lowest BCUT2D eigenvalue weighted by atomic mass is 9.97. The molecule has 0 fully saturated rings. The van der Waals surface area contributed by atoms with Crippen LogP contribution in [-0.4, -0.2) is 32.3 Å². The van der Waals surface area contributed by atoms with Gasteiger partial charge < -0.3 is 0 Å². The van der Waals surface area contributed by atoms with Gasteiger partial charge in [0.25, 0.3) is 17.2 Å². The fraction of sp³-hybridized carbons (Fsp3) is 0.200. The number of amides is 1. The standard InChI is InChI=1S/C25H20BrN5O4S2/c26-16-9-11-17(12-10-16)30-24(33)22-18-6-2-4-8-20(18)37-23(22)28-25(30)36-14-21(32)29-27-13-15-5-1-3-7-19(15)31(34)35/h1,3,5,7,9-13H,2,4,6,8,14H2,(H,29,32). The van der Waals surface area contributed by atoms with Crippen molar-refractivity contribution in [1.82, 2.24) is 15.0 Å². The van der Waals surface area contributed by atoms with E-state index in [1.165, 1.54) is 17.2 Å².